The van der Waals surface area contributed by atoms with Crippen molar-refractivity contribution in [2.75, 3.05) is 32.8 Å². The van der Waals surface area contributed by atoms with Crippen LogP contribution in [0, 0.1) is 5.92 Å². The van der Waals surface area contributed by atoms with E-state index >= 15 is 0 Å². The van der Waals surface area contributed by atoms with Crippen molar-refractivity contribution in [1.82, 2.24) is 15.5 Å². The molecule has 2 amide bonds. The first kappa shape index (κ1) is 13.3. The van der Waals surface area contributed by atoms with Crippen LogP contribution in [0.15, 0.2) is 0 Å². The Bertz CT molecular complexity index is 335. The average molecular weight is 255 g/mol. The van der Waals surface area contributed by atoms with Gasteiger partial charge < -0.3 is 20.3 Å². The van der Waals surface area contributed by atoms with Crippen LogP contribution < -0.4 is 10.6 Å². The van der Waals surface area contributed by atoms with Gasteiger partial charge in [-0.05, 0) is 13.5 Å². The Morgan fingerprint density at radius 1 is 1.56 bits per heavy atom. The van der Waals surface area contributed by atoms with E-state index in [0.29, 0.717) is 26.3 Å². The van der Waals surface area contributed by atoms with Crippen LogP contribution in [0.25, 0.3) is 0 Å². The van der Waals surface area contributed by atoms with Crippen LogP contribution in [0.5, 0.6) is 0 Å². The van der Waals surface area contributed by atoms with E-state index in [2.05, 4.69) is 10.6 Å². The van der Waals surface area contributed by atoms with Crippen LogP contribution >= 0.6 is 0 Å². The lowest BCUT2D eigenvalue weighted by atomic mass is 10.00. The molecule has 3 atom stereocenters. The SMILES string of the molecule is CCNC1COCC1C(=O)N1CCNC(=O)C1C. The molecule has 0 aliphatic carbocycles. The lowest BCUT2D eigenvalue weighted by molar-refractivity contribution is -0.145. The van der Waals surface area contributed by atoms with Crippen LogP contribution in [0.2, 0.25) is 0 Å². The smallest absolute Gasteiger partial charge is 0.242 e. The number of nitrogens with one attached hydrogen (secondary N) is 2. The van der Waals surface area contributed by atoms with E-state index in [0.717, 1.165) is 6.54 Å². The number of piperazine rings is 1. The van der Waals surface area contributed by atoms with Gasteiger partial charge in [-0.2, -0.15) is 0 Å². The van der Waals surface area contributed by atoms with Crippen molar-refractivity contribution in [3.8, 4) is 0 Å². The lowest BCUT2D eigenvalue weighted by Crippen LogP contribution is -2.58. The first-order valence-corrected chi connectivity index (χ1v) is 6.54. The quantitative estimate of drug-likeness (QED) is 0.675. The molecule has 2 aliphatic rings. The zero-order valence-corrected chi connectivity index (χ0v) is 10.9. The van der Waals surface area contributed by atoms with Gasteiger partial charge in [0.15, 0.2) is 0 Å². The van der Waals surface area contributed by atoms with Gasteiger partial charge in [0.25, 0.3) is 0 Å². The number of carbonyl (C=O) groups is 2. The van der Waals surface area contributed by atoms with Gasteiger partial charge in [0.05, 0.1) is 19.1 Å². The maximum atomic E-state index is 12.5. The summed E-state index contributed by atoms with van der Waals surface area (Å²) in [7, 11) is 0. The molecule has 0 aromatic carbocycles. The minimum Gasteiger partial charge on any atom is -0.379 e. The maximum Gasteiger partial charge on any atom is 0.242 e. The number of amides is 2. The van der Waals surface area contributed by atoms with Crippen molar-refractivity contribution in [2.24, 2.45) is 5.92 Å². The highest BCUT2D eigenvalue weighted by atomic mass is 16.5. The van der Waals surface area contributed by atoms with Crippen molar-refractivity contribution in [3.05, 3.63) is 0 Å². The molecule has 3 unspecified atom stereocenters. The second kappa shape index (κ2) is 5.67. The Labute approximate surface area is 107 Å². The standard InChI is InChI=1S/C12H21N3O3/c1-3-13-10-7-18-6-9(10)12(17)15-5-4-14-11(16)8(15)2/h8-10,13H,3-7H2,1-2H3,(H,14,16). The maximum absolute atomic E-state index is 12.5. The molecule has 2 rings (SSSR count). The third-order valence-electron chi connectivity index (χ3n) is 3.65. The Morgan fingerprint density at radius 2 is 2.33 bits per heavy atom. The Kier molecular flexibility index (Phi) is 4.19. The average Bonchev–Trinajstić information content (AvgIpc) is 2.80. The Balaban J connectivity index is 2.03. The van der Waals surface area contributed by atoms with Gasteiger partial charge in [0, 0.05) is 19.1 Å². The molecule has 0 spiro atoms. The van der Waals surface area contributed by atoms with Gasteiger partial charge in [0.1, 0.15) is 6.04 Å². The molecule has 2 heterocycles. The number of hydrogen-bond donors (Lipinski definition) is 2. The third-order valence-corrected chi connectivity index (χ3v) is 3.65. The molecule has 102 valence electrons. The highest BCUT2D eigenvalue weighted by molar-refractivity contribution is 5.89. The molecule has 2 aliphatic heterocycles. The van der Waals surface area contributed by atoms with Gasteiger partial charge in [0.2, 0.25) is 11.8 Å². The monoisotopic (exact) mass is 255 g/mol. The van der Waals surface area contributed by atoms with E-state index in [-0.39, 0.29) is 29.8 Å². The van der Waals surface area contributed by atoms with Crippen LogP contribution in [0.4, 0.5) is 0 Å². The summed E-state index contributed by atoms with van der Waals surface area (Å²) < 4.78 is 5.39. The zero-order valence-electron chi connectivity index (χ0n) is 10.9. The molecular formula is C12H21N3O3. The van der Waals surface area contributed by atoms with Crippen molar-refractivity contribution in [1.29, 1.82) is 0 Å². The van der Waals surface area contributed by atoms with Gasteiger partial charge >= 0.3 is 0 Å². The molecule has 18 heavy (non-hydrogen) atoms. The predicted molar refractivity (Wildman–Crippen MR) is 66.0 cm³/mol. The molecule has 2 fully saturated rings. The van der Waals surface area contributed by atoms with E-state index in [1.807, 2.05) is 6.92 Å². The Morgan fingerprint density at radius 3 is 3.06 bits per heavy atom. The normalized spacial score (nSPS) is 32.4. The number of ether oxygens (including phenoxy) is 1. The van der Waals surface area contributed by atoms with Crippen molar-refractivity contribution >= 4 is 11.8 Å². The summed E-state index contributed by atoms with van der Waals surface area (Å²) in [4.78, 5) is 25.7. The first-order chi connectivity index (χ1) is 8.65. The van der Waals surface area contributed by atoms with E-state index < -0.39 is 0 Å². The molecule has 0 aromatic heterocycles. The fourth-order valence-electron chi connectivity index (χ4n) is 2.56. The third kappa shape index (κ3) is 2.49. The van der Waals surface area contributed by atoms with E-state index in [9.17, 15) is 9.59 Å². The summed E-state index contributed by atoms with van der Waals surface area (Å²) in [5, 5.41) is 6.03. The molecule has 0 aromatic rings. The van der Waals surface area contributed by atoms with Crippen molar-refractivity contribution in [3.63, 3.8) is 0 Å². The van der Waals surface area contributed by atoms with Crippen LogP contribution in [-0.2, 0) is 14.3 Å². The van der Waals surface area contributed by atoms with Gasteiger partial charge in [-0.25, -0.2) is 0 Å². The van der Waals surface area contributed by atoms with Crippen molar-refractivity contribution < 1.29 is 14.3 Å². The fraction of sp³-hybridized carbons (Fsp3) is 0.833. The van der Waals surface area contributed by atoms with E-state index in [1.54, 1.807) is 11.8 Å². The summed E-state index contributed by atoms with van der Waals surface area (Å²) in [6, 6.07) is -0.311. The number of nitrogens with zero attached hydrogens (tertiary/aromatic N) is 1. The minimum atomic E-state index is -0.380. The molecule has 0 bridgehead atoms. The minimum absolute atomic E-state index is 0.0285. The predicted octanol–water partition coefficient (Wildman–Crippen LogP) is -1.04. The summed E-state index contributed by atoms with van der Waals surface area (Å²) >= 11 is 0. The van der Waals surface area contributed by atoms with Gasteiger partial charge in [-0.15, -0.1) is 0 Å². The van der Waals surface area contributed by atoms with Crippen molar-refractivity contribution in [2.45, 2.75) is 25.9 Å². The van der Waals surface area contributed by atoms with E-state index in [1.165, 1.54) is 0 Å². The molecule has 6 nitrogen and oxygen atoms in total. The molecule has 0 radical (unpaired) electrons. The van der Waals surface area contributed by atoms with E-state index in [4.69, 9.17) is 4.74 Å². The summed E-state index contributed by atoms with van der Waals surface area (Å²) in [5.41, 5.74) is 0. The van der Waals surface area contributed by atoms with Crippen LogP contribution in [0.3, 0.4) is 0 Å². The zero-order chi connectivity index (χ0) is 13.1. The molecule has 0 saturated carbocycles. The second-order valence-corrected chi connectivity index (χ2v) is 4.81. The summed E-state index contributed by atoms with van der Waals surface area (Å²) in [5.74, 6) is -0.215. The summed E-state index contributed by atoms with van der Waals surface area (Å²) in [6.07, 6.45) is 0. The van der Waals surface area contributed by atoms with Crippen LogP contribution in [0.1, 0.15) is 13.8 Å². The summed E-state index contributed by atoms with van der Waals surface area (Å²) in [6.45, 7) is 6.73. The molecular weight excluding hydrogens is 234 g/mol. The van der Waals surface area contributed by atoms with Gasteiger partial charge in [-0.1, -0.05) is 6.92 Å². The number of rotatable bonds is 3. The number of carbonyl (C=O) groups excluding carboxylic acids is 2. The largest absolute Gasteiger partial charge is 0.379 e. The molecule has 2 saturated heterocycles. The highest BCUT2D eigenvalue weighted by Crippen LogP contribution is 2.19. The Hall–Kier alpha value is -1.14. The lowest BCUT2D eigenvalue weighted by Gasteiger charge is -2.35. The van der Waals surface area contributed by atoms with Crippen LogP contribution in [-0.4, -0.2) is 61.6 Å². The van der Waals surface area contributed by atoms with Gasteiger partial charge in [-0.3, -0.25) is 9.59 Å². The fourth-order valence-corrected chi connectivity index (χ4v) is 2.56. The number of hydrogen-bond acceptors (Lipinski definition) is 4. The second-order valence-electron chi connectivity index (χ2n) is 4.81. The highest BCUT2D eigenvalue weighted by Gasteiger charge is 2.39. The molecule has 2 N–H and O–H groups in total. The molecule has 6 heteroatoms. The number of likely N-dealkylation sites (N-methyl/N-ethyl adjacent to an activating group) is 1. The first-order valence-electron chi connectivity index (χ1n) is 6.54. The topological polar surface area (TPSA) is 70.7 Å².